The average Bonchev–Trinajstić information content (AvgIpc) is 3.84. The van der Waals surface area contributed by atoms with E-state index in [1.54, 1.807) is 0 Å². The zero-order valence-corrected chi connectivity index (χ0v) is 31.2. The van der Waals surface area contributed by atoms with Crippen molar-refractivity contribution < 1.29 is 14.3 Å². The number of Topliss-reactive ketones (excluding diaryl/α,β-unsaturated/α-hetero) is 1. The quantitative estimate of drug-likeness (QED) is 0.132. The second-order valence-corrected chi connectivity index (χ2v) is 15.7. The number of aliphatic imine (C=N–C) groups is 1. The Labute approximate surface area is 306 Å². The molecule has 0 aliphatic heterocycles. The van der Waals surface area contributed by atoms with Crippen LogP contribution in [0, 0.1) is 17.3 Å². The molecule has 0 bridgehead atoms. The molecule has 1 spiro atoms. The van der Waals surface area contributed by atoms with Gasteiger partial charge in [-0.2, -0.15) is 0 Å². The summed E-state index contributed by atoms with van der Waals surface area (Å²) >= 11 is 0. The van der Waals surface area contributed by atoms with Gasteiger partial charge in [-0.1, -0.05) is 73.2 Å². The molecule has 0 saturated heterocycles. The van der Waals surface area contributed by atoms with E-state index in [1.165, 1.54) is 43.2 Å². The number of allylic oxidation sites excluding steroid dienone is 4. The van der Waals surface area contributed by atoms with Crippen molar-refractivity contribution in [3.8, 4) is 0 Å². The highest BCUT2D eigenvalue weighted by molar-refractivity contribution is 5.96. The Morgan fingerprint density at radius 2 is 1.80 bits per heavy atom. The van der Waals surface area contributed by atoms with E-state index in [9.17, 15) is 4.79 Å². The van der Waals surface area contributed by atoms with E-state index in [0.717, 1.165) is 78.8 Å². The molecule has 0 radical (unpaired) electrons. The van der Waals surface area contributed by atoms with Gasteiger partial charge >= 0.3 is 0 Å². The molecule has 0 heterocycles. The first-order chi connectivity index (χ1) is 24.8. The number of amidine groups is 1. The summed E-state index contributed by atoms with van der Waals surface area (Å²) in [6, 6.07) is 18.9. The van der Waals surface area contributed by atoms with Crippen LogP contribution in [0.4, 0.5) is 5.69 Å². The van der Waals surface area contributed by atoms with Gasteiger partial charge in [-0.15, -0.1) is 0 Å². The molecule has 0 aromatic heterocycles. The van der Waals surface area contributed by atoms with Gasteiger partial charge in [0.2, 0.25) is 0 Å². The predicted octanol–water partition coefficient (Wildman–Crippen LogP) is 10.1. The molecule has 2 unspecified atom stereocenters. The van der Waals surface area contributed by atoms with Crippen molar-refractivity contribution in [1.29, 1.82) is 0 Å². The first kappa shape index (κ1) is 37.0. The van der Waals surface area contributed by atoms with E-state index >= 15 is 0 Å². The molecule has 2 N–H and O–H groups in total. The molecule has 6 nitrogen and oxygen atoms in total. The van der Waals surface area contributed by atoms with Crippen LogP contribution < -0.4 is 5.73 Å². The number of nitrogens with zero attached hydrogens (tertiary/aromatic N) is 2. The number of hydrogen-bond acceptors (Lipinski definition) is 5. The third kappa shape index (κ3) is 10.4. The number of nitrogens with two attached hydrogens (primary N) is 1. The molecule has 4 aliphatic rings. The lowest BCUT2D eigenvalue weighted by Crippen LogP contribution is -2.20. The summed E-state index contributed by atoms with van der Waals surface area (Å²) in [6.07, 6.45) is 24.2. The molecule has 0 amide bonds. The Hall–Kier alpha value is -3.74. The number of rotatable bonds is 17. The monoisotopic (exact) mass is 689 g/mol. The van der Waals surface area contributed by atoms with Gasteiger partial charge in [-0.3, -0.25) is 4.79 Å². The van der Waals surface area contributed by atoms with Crippen LogP contribution in [-0.4, -0.2) is 43.3 Å². The van der Waals surface area contributed by atoms with E-state index in [2.05, 4.69) is 80.6 Å². The van der Waals surface area contributed by atoms with Crippen molar-refractivity contribution in [1.82, 2.24) is 4.90 Å². The topological polar surface area (TPSA) is 77.1 Å². The molecule has 2 aromatic rings. The predicted molar refractivity (Wildman–Crippen MR) is 209 cm³/mol. The number of benzene rings is 2. The zero-order chi connectivity index (χ0) is 35.6. The van der Waals surface area contributed by atoms with Crippen molar-refractivity contribution in [3.63, 3.8) is 0 Å². The normalized spacial score (nSPS) is 25.3. The van der Waals surface area contributed by atoms with Gasteiger partial charge in [0.15, 0.2) is 5.78 Å². The van der Waals surface area contributed by atoms with E-state index in [1.807, 2.05) is 30.3 Å². The molecule has 51 heavy (non-hydrogen) atoms. The van der Waals surface area contributed by atoms with Gasteiger partial charge in [0, 0.05) is 30.9 Å². The number of para-hydroxylation sites is 1. The second kappa shape index (κ2) is 17.7. The molecule has 272 valence electrons. The lowest BCUT2D eigenvalue weighted by molar-refractivity contribution is -0.116. The fourth-order valence-electron chi connectivity index (χ4n) is 8.31. The minimum absolute atomic E-state index is 0.172. The van der Waals surface area contributed by atoms with Gasteiger partial charge in [-0.05, 0) is 131 Å². The fourth-order valence-corrected chi connectivity index (χ4v) is 8.31. The minimum Gasteiger partial charge on any atom is -0.489 e. The van der Waals surface area contributed by atoms with Gasteiger partial charge in [0.05, 0.1) is 24.2 Å². The first-order valence-electron chi connectivity index (χ1n) is 19.4. The van der Waals surface area contributed by atoms with Crippen molar-refractivity contribution in [3.05, 3.63) is 113 Å². The summed E-state index contributed by atoms with van der Waals surface area (Å²) in [5, 5.41) is 0. The summed E-state index contributed by atoms with van der Waals surface area (Å²) in [4.78, 5) is 20.6. The van der Waals surface area contributed by atoms with Gasteiger partial charge in [0.1, 0.15) is 12.4 Å². The van der Waals surface area contributed by atoms with Crippen molar-refractivity contribution in [2.45, 2.75) is 109 Å². The van der Waals surface area contributed by atoms with Gasteiger partial charge in [-0.25, -0.2) is 4.99 Å². The van der Waals surface area contributed by atoms with E-state index in [0.29, 0.717) is 31.5 Å². The van der Waals surface area contributed by atoms with E-state index in [4.69, 9.17) is 20.2 Å². The molecule has 6 heteroatoms. The molecule has 4 aliphatic carbocycles. The molecule has 6 rings (SSSR count). The number of ketones is 1. The van der Waals surface area contributed by atoms with Gasteiger partial charge in [0.25, 0.3) is 0 Å². The lowest BCUT2D eigenvalue weighted by Gasteiger charge is -2.30. The number of hydrogen-bond donors (Lipinski definition) is 1. The van der Waals surface area contributed by atoms with Crippen LogP contribution in [0.1, 0.15) is 108 Å². The zero-order valence-electron chi connectivity index (χ0n) is 31.2. The highest BCUT2D eigenvalue weighted by Gasteiger charge is 2.53. The summed E-state index contributed by atoms with van der Waals surface area (Å²) in [6.45, 7) is 3.27. The molecular weight excluding hydrogens is 631 g/mol. The van der Waals surface area contributed by atoms with Crippen molar-refractivity contribution in [2.24, 2.45) is 28.0 Å². The number of carbonyl (C=O) groups is 1. The maximum Gasteiger partial charge on any atom is 0.159 e. The highest BCUT2D eigenvalue weighted by Crippen LogP contribution is 2.64. The smallest absolute Gasteiger partial charge is 0.159 e. The largest absolute Gasteiger partial charge is 0.489 e. The van der Waals surface area contributed by atoms with Crippen molar-refractivity contribution >= 4 is 17.3 Å². The Morgan fingerprint density at radius 1 is 1.02 bits per heavy atom. The summed E-state index contributed by atoms with van der Waals surface area (Å²) < 4.78 is 12.5. The van der Waals surface area contributed by atoms with E-state index < -0.39 is 0 Å². The molecule has 3 atom stereocenters. The van der Waals surface area contributed by atoms with Crippen LogP contribution in [0.25, 0.3) is 0 Å². The van der Waals surface area contributed by atoms with Crippen LogP contribution in [0.5, 0.6) is 0 Å². The third-order valence-electron chi connectivity index (χ3n) is 11.9. The first-order valence-corrected chi connectivity index (χ1v) is 19.4. The lowest BCUT2D eigenvalue weighted by atomic mass is 9.76. The van der Waals surface area contributed by atoms with Crippen LogP contribution in [0.3, 0.4) is 0 Å². The highest BCUT2D eigenvalue weighted by atomic mass is 16.5. The standard InChI is InChI=1S/C45H59N3O3/c1-33(48(2)3)41-18-10-11-19-42(41)47-44(46)22-21-38-30-45(38)25-23-34(24-26-45)17-12-20-43(49)37-27-39(50-31-35-13-6-4-7-14-35)29-40(28-37)51-32-36-15-8-5-9-16-36/h4-8,10-11,13-15,18-19,28-29,33-34,38-39H,9,12,16-17,20-27,30-32H2,1-3H3,(H2,46,47)/t33?,34?,38-,39?,45?/m0/s1. The number of carbonyl (C=O) groups excluding carboxylic acids is 1. The fraction of sp³-hybridized carbons (Fsp3) is 0.511. The molecular formula is C45H59N3O3. The summed E-state index contributed by atoms with van der Waals surface area (Å²) in [5.74, 6) is 3.25. The SMILES string of the molecule is CC(c1ccccc1N=C(N)CC[C@H]1CC12CCC(CCCC(=O)C1=CC(OCC3=CC=CCC3)=CC(OCc3ccccc3)C1)CC2)N(C)C. The van der Waals surface area contributed by atoms with Gasteiger partial charge < -0.3 is 20.1 Å². The van der Waals surface area contributed by atoms with Crippen LogP contribution in [0.2, 0.25) is 0 Å². The maximum atomic E-state index is 13.5. The molecule has 2 saturated carbocycles. The Bertz CT molecular complexity index is 1630. The Kier molecular flexibility index (Phi) is 12.8. The van der Waals surface area contributed by atoms with Crippen LogP contribution in [-0.2, 0) is 20.9 Å². The summed E-state index contributed by atoms with van der Waals surface area (Å²) in [5.41, 5.74) is 12.5. The third-order valence-corrected chi connectivity index (χ3v) is 11.9. The number of ether oxygens (including phenoxy) is 2. The Morgan fingerprint density at radius 3 is 2.57 bits per heavy atom. The minimum atomic E-state index is -0.172. The van der Waals surface area contributed by atoms with Crippen molar-refractivity contribution in [2.75, 3.05) is 20.7 Å². The van der Waals surface area contributed by atoms with Crippen LogP contribution in [0.15, 0.2) is 107 Å². The average molecular weight is 690 g/mol. The maximum absolute atomic E-state index is 13.5. The molecule has 2 fully saturated rings. The van der Waals surface area contributed by atoms with Crippen LogP contribution >= 0.6 is 0 Å². The summed E-state index contributed by atoms with van der Waals surface area (Å²) in [7, 11) is 4.20. The second-order valence-electron chi connectivity index (χ2n) is 15.7. The molecule has 2 aromatic carbocycles. The van der Waals surface area contributed by atoms with E-state index in [-0.39, 0.29) is 17.9 Å². The Balaban J connectivity index is 0.939.